The quantitative estimate of drug-likeness (QED) is 0.324. The summed E-state index contributed by atoms with van der Waals surface area (Å²) in [5.74, 6) is -0.512. The maximum atomic E-state index is 9.77. The van der Waals surface area contributed by atoms with Crippen LogP contribution in [-0.2, 0) is 4.79 Å². The van der Waals surface area contributed by atoms with Crippen molar-refractivity contribution in [3.63, 3.8) is 0 Å². The Morgan fingerprint density at radius 3 is 1.83 bits per heavy atom. The number of amides is 1. The molecule has 2 N–H and O–H groups in total. The maximum Gasteiger partial charge on any atom is 0.240 e. The molecule has 0 atom stereocenters. The summed E-state index contributed by atoms with van der Waals surface area (Å²) < 4.78 is -0.620. The predicted molar refractivity (Wildman–Crippen MR) is 31.0 cm³/mol. The van der Waals surface area contributed by atoms with Crippen LogP contribution in [0.25, 0.3) is 0 Å². The first kappa shape index (κ1) is 6.17. The summed E-state index contributed by atoms with van der Waals surface area (Å²) in [7, 11) is 0. The Labute approximate surface area is 46.9 Å². The van der Waals surface area contributed by atoms with E-state index >= 15 is 0 Å². The van der Waals surface area contributed by atoms with Crippen LogP contribution in [-0.4, -0.2) is 10.5 Å². The Kier molecular flexibility index (Phi) is 2.43. The van der Waals surface area contributed by atoms with Gasteiger partial charge in [-0.05, 0) is 0 Å². The van der Waals surface area contributed by atoms with Gasteiger partial charge >= 0.3 is 0 Å². The van der Waals surface area contributed by atoms with E-state index in [1.807, 2.05) is 0 Å². The van der Waals surface area contributed by atoms with Crippen LogP contribution in [0.15, 0.2) is 0 Å². The molecule has 0 aromatic carbocycles. The van der Waals surface area contributed by atoms with Gasteiger partial charge in [0.2, 0.25) is 5.91 Å². The Hall–Kier alpha value is 0.170. The van der Waals surface area contributed by atoms with Crippen molar-refractivity contribution in [2.75, 3.05) is 0 Å². The van der Waals surface area contributed by atoms with Crippen molar-refractivity contribution < 1.29 is 4.79 Å². The van der Waals surface area contributed by atoms with Crippen LogP contribution in [0.5, 0.6) is 0 Å². The van der Waals surface area contributed by atoms with E-state index in [1.54, 1.807) is 0 Å². The van der Waals surface area contributed by atoms with Gasteiger partial charge in [0.25, 0.3) is 0 Å². The number of carbonyl (C=O) groups excluding carboxylic acids is 1. The molecule has 0 aliphatic rings. The zero-order valence-electron chi connectivity index (χ0n) is 2.96. The Bertz CT molecular complexity index is 62.6. The average Bonchev–Trinajstić information content (AvgIpc) is 1.36. The lowest BCUT2D eigenvalue weighted by atomic mass is 10.8. The van der Waals surface area contributed by atoms with Crippen molar-refractivity contribution in [2.24, 2.45) is 5.73 Å². The lowest BCUT2D eigenvalue weighted by molar-refractivity contribution is -0.116. The predicted octanol–water partition coefficient (Wildman–Crippen LogP) is -0.343. The number of hydrogen-bond donors (Lipinski definition) is 3. The molecule has 0 rings (SSSR count). The topological polar surface area (TPSA) is 43.1 Å². The van der Waals surface area contributed by atoms with Crippen LogP contribution in [0.2, 0.25) is 0 Å². The fourth-order valence-corrected chi connectivity index (χ4v) is 0. The summed E-state index contributed by atoms with van der Waals surface area (Å²) in [6, 6.07) is 0. The third-order valence-electron chi connectivity index (χ3n) is 0.254. The average molecular weight is 123 g/mol. The highest BCUT2D eigenvalue weighted by atomic mass is 32.2. The van der Waals surface area contributed by atoms with Gasteiger partial charge in [0, 0.05) is 0 Å². The van der Waals surface area contributed by atoms with Gasteiger partial charge in [-0.1, -0.05) is 0 Å². The molecule has 0 unspecified atom stereocenters. The standard InChI is InChI=1S/C2H5NOS2/c3-1(4)2(5)6/h2,5-6H,(H2,3,4). The summed E-state index contributed by atoms with van der Waals surface area (Å²) in [6.07, 6.45) is 0. The second-order valence-electron chi connectivity index (χ2n) is 0.776. The third-order valence-corrected chi connectivity index (χ3v) is 0.763. The molecule has 0 radical (unpaired) electrons. The first-order valence-electron chi connectivity index (χ1n) is 1.30. The minimum atomic E-state index is -0.620. The molecule has 1 amide bonds. The fourth-order valence-electron chi connectivity index (χ4n) is 0. The van der Waals surface area contributed by atoms with E-state index in [4.69, 9.17) is 0 Å². The Morgan fingerprint density at radius 1 is 1.67 bits per heavy atom. The second kappa shape index (κ2) is 2.36. The lowest BCUT2D eigenvalue weighted by Crippen LogP contribution is -2.18. The van der Waals surface area contributed by atoms with Crippen LogP contribution in [0, 0.1) is 0 Å². The van der Waals surface area contributed by atoms with Crippen molar-refractivity contribution in [3.05, 3.63) is 0 Å². The molecule has 36 valence electrons. The van der Waals surface area contributed by atoms with Crippen molar-refractivity contribution in [1.82, 2.24) is 0 Å². The summed E-state index contributed by atoms with van der Waals surface area (Å²) in [4.78, 5) is 9.77. The molecule has 0 bridgehead atoms. The number of hydrogen-bond acceptors (Lipinski definition) is 3. The van der Waals surface area contributed by atoms with Gasteiger partial charge in [0.1, 0.15) is 4.58 Å². The summed E-state index contributed by atoms with van der Waals surface area (Å²) in [5.41, 5.74) is 4.64. The minimum Gasteiger partial charge on any atom is -0.368 e. The van der Waals surface area contributed by atoms with E-state index in [1.165, 1.54) is 0 Å². The summed E-state index contributed by atoms with van der Waals surface area (Å²) in [5, 5.41) is 0. The SMILES string of the molecule is NC(=O)C(S)S. The Balaban J connectivity index is 3.26. The highest BCUT2D eigenvalue weighted by Crippen LogP contribution is 1.95. The molecule has 6 heavy (non-hydrogen) atoms. The minimum absolute atomic E-state index is 0.512. The number of nitrogens with two attached hydrogens (primary N) is 1. The van der Waals surface area contributed by atoms with E-state index in [-0.39, 0.29) is 0 Å². The molecule has 0 aliphatic heterocycles. The number of carbonyl (C=O) groups is 1. The third kappa shape index (κ3) is 2.41. The van der Waals surface area contributed by atoms with Crippen LogP contribution < -0.4 is 5.73 Å². The summed E-state index contributed by atoms with van der Waals surface area (Å²) >= 11 is 7.17. The lowest BCUT2D eigenvalue weighted by Gasteiger charge is -1.89. The van der Waals surface area contributed by atoms with E-state index in [0.717, 1.165) is 0 Å². The van der Waals surface area contributed by atoms with E-state index in [2.05, 4.69) is 31.0 Å². The van der Waals surface area contributed by atoms with E-state index in [0.29, 0.717) is 0 Å². The number of thiol groups is 2. The van der Waals surface area contributed by atoms with Crippen molar-refractivity contribution in [1.29, 1.82) is 0 Å². The zero-order valence-corrected chi connectivity index (χ0v) is 4.75. The Morgan fingerprint density at radius 2 is 1.83 bits per heavy atom. The van der Waals surface area contributed by atoms with Crippen molar-refractivity contribution in [2.45, 2.75) is 4.58 Å². The molecule has 0 spiro atoms. The molecule has 0 fully saturated rings. The first-order valence-corrected chi connectivity index (χ1v) is 2.33. The van der Waals surface area contributed by atoms with Crippen LogP contribution in [0.3, 0.4) is 0 Å². The monoisotopic (exact) mass is 123 g/mol. The van der Waals surface area contributed by atoms with Gasteiger partial charge in [-0.3, -0.25) is 4.79 Å². The van der Waals surface area contributed by atoms with Crippen molar-refractivity contribution in [3.8, 4) is 0 Å². The summed E-state index contributed by atoms with van der Waals surface area (Å²) in [6.45, 7) is 0. The van der Waals surface area contributed by atoms with Gasteiger partial charge in [0.15, 0.2) is 0 Å². The molecular weight excluding hydrogens is 118 g/mol. The molecule has 0 saturated carbocycles. The van der Waals surface area contributed by atoms with E-state index in [9.17, 15) is 4.79 Å². The number of primary amides is 1. The van der Waals surface area contributed by atoms with E-state index < -0.39 is 10.5 Å². The first-order chi connectivity index (χ1) is 2.64. The molecule has 2 nitrogen and oxygen atoms in total. The van der Waals surface area contributed by atoms with Gasteiger partial charge < -0.3 is 5.73 Å². The van der Waals surface area contributed by atoms with Gasteiger partial charge in [-0.2, -0.15) is 25.3 Å². The van der Waals surface area contributed by atoms with Crippen LogP contribution in [0.4, 0.5) is 0 Å². The largest absolute Gasteiger partial charge is 0.368 e. The maximum absolute atomic E-state index is 9.77. The molecule has 4 heteroatoms. The molecule has 0 heterocycles. The highest BCUT2D eigenvalue weighted by molar-refractivity contribution is 8.00. The van der Waals surface area contributed by atoms with Crippen LogP contribution in [0.1, 0.15) is 0 Å². The number of rotatable bonds is 1. The zero-order chi connectivity index (χ0) is 5.15. The highest BCUT2D eigenvalue weighted by Gasteiger charge is 1.98. The van der Waals surface area contributed by atoms with Gasteiger partial charge in [-0.15, -0.1) is 0 Å². The smallest absolute Gasteiger partial charge is 0.240 e. The molecule has 0 aromatic heterocycles. The van der Waals surface area contributed by atoms with Crippen LogP contribution >= 0.6 is 25.3 Å². The van der Waals surface area contributed by atoms with Gasteiger partial charge in [-0.25, -0.2) is 0 Å². The fraction of sp³-hybridized carbons (Fsp3) is 0.500. The molecular formula is C2H5NOS2. The van der Waals surface area contributed by atoms with Gasteiger partial charge in [0.05, 0.1) is 0 Å². The molecule has 0 aromatic rings. The second-order valence-corrected chi connectivity index (χ2v) is 2.22. The van der Waals surface area contributed by atoms with Crippen molar-refractivity contribution >= 4 is 31.2 Å². The normalized spacial score (nSPS) is 9.17. The molecule has 0 saturated heterocycles. The molecule has 0 aliphatic carbocycles.